The standard InChI is InChI=1S/C10H11FN2O/c1-6-2-8(11)10(13-4-6)7-3-9(14)12-5-7/h2,4,7H,3,5H2,1H3,(H,12,14)/t7-/m0/s1. The molecule has 0 aliphatic carbocycles. The minimum absolute atomic E-state index is 0.0308. The molecular weight excluding hydrogens is 183 g/mol. The van der Waals surface area contributed by atoms with Crippen molar-refractivity contribution in [2.24, 2.45) is 0 Å². The predicted octanol–water partition coefficient (Wildman–Crippen LogP) is 1.13. The maximum Gasteiger partial charge on any atom is 0.220 e. The zero-order chi connectivity index (χ0) is 10.1. The van der Waals surface area contributed by atoms with Crippen LogP contribution in [0, 0.1) is 12.7 Å². The smallest absolute Gasteiger partial charge is 0.220 e. The number of rotatable bonds is 1. The van der Waals surface area contributed by atoms with Crippen LogP contribution in [0.15, 0.2) is 12.3 Å². The van der Waals surface area contributed by atoms with Crippen molar-refractivity contribution in [3.63, 3.8) is 0 Å². The van der Waals surface area contributed by atoms with Gasteiger partial charge in [0.25, 0.3) is 0 Å². The van der Waals surface area contributed by atoms with Crippen LogP contribution in [-0.2, 0) is 4.79 Å². The highest BCUT2D eigenvalue weighted by Gasteiger charge is 2.26. The molecule has 1 aromatic heterocycles. The Labute approximate surface area is 81.3 Å². The van der Waals surface area contributed by atoms with Crippen LogP contribution < -0.4 is 5.32 Å². The molecule has 1 saturated heterocycles. The second kappa shape index (κ2) is 3.36. The number of hydrogen-bond acceptors (Lipinski definition) is 2. The Hall–Kier alpha value is -1.45. The first-order valence-corrected chi connectivity index (χ1v) is 4.55. The number of amides is 1. The maximum absolute atomic E-state index is 13.4. The molecule has 0 spiro atoms. The summed E-state index contributed by atoms with van der Waals surface area (Å²) < 4.78 is 13.4. The third-order valence-corrected chi connectivity index (χ3v) is 2.37. The lowest BCUT2D eigenvalue weighted by Gasteiger charge is -2.07. The number of pyridine rings is 1. The van der Waals surface area contributed by atoms with E-state index in [4.69, 9.17) is 0 Å². The number of halogens is 1. The Morgan fingerprint density at radius 1 is 1.64 bits per heavy atom. The van der Waals surface area contributed by atoms with Gasteiger partial charge in [-0.2, -0.15) is 0 Å². The van der Waals surface area contributed by atoms with Crippen LogP contribution in [0.5, 0.6) is 0 Å². The number of aryl methyl sites for hydroxylation is 1. The summed E-state index contributed by atoms with van der Waals surface area (Å²) in [5.74, 6) is -0.452. The summed E-state index contributed by atoms with van der Waals surface area (Å²) in [4.78, 5) is 15.0. The summed E-state index contributed by atoms with van der Waals surface area (Å²) >= 11 is 0. The fourth-order valence-electron chi connectivity index (χ4n) is 1.64. The summed E-state index contributed by atoms with van der Waals surface area (Å²) in [7, 11) is 0. The van der Waals surface area contributed by atoms with Crippen LogP contribution >= 0.6 is 0 Å². The van der Waals surface area contributed by atoms with Crippen molar-refractivity contribution in [1.29, 1.82) is 0 Å². The van der Waals surface area contributed by atoms with Crippen LogP contribution in [0.3, 0.4) is 0 Å². The van der Waals surface area contributed by atoms with Gasteiger partial charge in [0.1, 0.15) is 5.82 Å². The van der Waals surface area contributed by atoms with Gasteiger partial charge in [-0.3, -0.25) is 9.78 Å². The number of carbonyl (C=O) groups excluding carboxylic acids is 1. The third-order valence-electron chi connectivity index (χ3n) is 2.37. The van der Waals surface area contributed by atoms with Gasteiger partial charge in [0.05, 0.1) is 5.69 Å². The van der Waals surface area contributed by atoms with Crippen LogP contribution in [0.4, 0.5) is 4.39 Å². The molecule has 74 valence electrons. The van der Waals surface area contributed by atoms with Gasteiger partial charge in [-0.05, 0) is 18.6 Å². The van der Waals surface area contributed by atoms with E-state index in [0.29, 0.717) is 18.7 Å². The molecular formula is C10H11FN2O. The molecule has 0 bridgehead atoms. The van der Waals surface area contributed by atoms with Gasteiger partial charge in [-0.25, -0.2) is 4.39 Å². The first kappa shape index (κ1) is 9.12. The van der Waals surface area contributed by atoms with Gasteiger partial charge >= 0.3 is 0 Å². The molecule has 2 rings (SSSR count). The van der Waals surface area contributed by atoms with Gasteiger partial charge in [-0.15, -0.1) is 0 Å². The molecule has 0 radical (unpaired) electrons. The van der Waals surface area contributed by atoms with E-state index in [9.17, 15) is 9.18 Å². The summed E-state index contributed by atoms with van der Waals surface area (Å²) in [6.45, 7) is 2.28. The fraction of sp³-hybridized carbons (Fsp3) is 0.400. The first-order valence-electron chi connectivity index (χ1n) is 4.55. The fourth-order valence-corrected chi connectivity index (χ4v) is 1.64. The van der Waals surface area contributed by atoms with E-state index in [1.165, 1.54) is 6.07 Å². The number of nitrogens with zero attached hydrogens (tertiary/aromatic N) is 1. The SMILES string of the molecule is Cc1cnc([C@@H]2CNC(=O)C2)c(F)c1. The highest BCUT2D eigenvalue weighted by molar-refractivity contribution is 5.79. The Bertz CT molecular complexity index is 378. The largest absolute Gasteiger partial charge is 0.355 e. The summed E-state index contributed by atoms with van der Waals surface area (Å²) in [5, 5.41) is 2.66. The Balaban J connectivity index is 2.28. The highest BCUT2D eigenvalue weighted by atomic mass is 19.1. The van der Waals surface area contributed by atoms with E-state index in [2.05, 4.69) is 10.3 Å². The zero-order valence-electron chi connectivity index (χ0n) is 7.88. The highest BCUT2D eigenvalue weighted by Crippen LogP contribution is 2.23. The molecule has 1 aliphatic heterocycles. The normalized spacial score (nSPS) is 21.0. The molecule has 1 amide bonds. The van der Waals surface area contributed by atoms with Gasteiger partial charge in [0, 0.05) is 25.1 Å². The van der Waals surface area contributed by atoms with E-state index in [0.717, 1.165) is 5.56 Å². The minimum atomic E-state index is -0.313. The van der Waals surface area contributed by atoms with Crippen LogP contribution in [0.1, 0.15) is 23.6 Å². The molecule has 0 saturated carbocycles. The van der Waals surface area contributed by atoms with E-state index in [1.54, 1.807) is 13.1 Å². The summed E-state index contributed by atoms with van der Waals surface area (Å²) in [6.07, 6.45) is 1.97. The summed E-state index contributed by atoms with van der Waals surface area (Å²) in [5.41, 5.74) is 1.19. The molecule has 4 heteroatoms. The van der Waals surface area contributed by atoms with Crippen molar-refractivity contribution in [3.05, 3.63) is 29.3 Å². The van der Waals surface area contributed by atoms with Crippen LogP contribution in [-0.4, -0.2) is 17.4 Å². The molecule has 0 unspecified atom stereocenters. The topological polar surface area (TPSA) is 42.0 Å². The Morgan fingerprint density at radius 2 is 2.43 bits per heavy atom. The minimum Gasteiger partial charge on any atom is -0.355 e. The van der Waals surface area contributed by atoms with E-state index >= 15 is 0 Å². The Morgan fingerprint density at radius 3 is 3.00 bits per heavy atom. The van der Waals surface area contributed by atoms with Crippen molar-refractivity contribution in [3.8, 4) is 0 Å². The van der Waals surface area contributed by atoms with Crippen molar-refractivity contribution in [2.75, 3.05) is 6.54 Å². The van der Waals surface area contributed by atoms with Crippen molar-refractivity contribution >= 4 is 5.91 Å². The second-order valence-corrected chi connectivity index (χ2v) is 3.58. The van der Waals surface area contributed by atoms with E-state index in [-0.39, 0.29) is 17.6 Å². The number of hydrogen-bond donors (Lipinski definition) is 1. The van der Waals surface area contributed by atoms with Crippen molar-refractivity contribution in [1.82, 2.24) is 10.3 Å². The number of nitrogens with one attached hydrogen (secondary N) is 1. The molecule has 1 fully saturated rings. The maximum atomic E-state index is 13.4. The third kappa shape index (κ3) is 1.60. The molecule has 1 aromatic rings. The van der Waals surface area contributed by atoms with E-state index in [1.807, 2.05) is 0 Å². The monoisotopic (exact) mass is 194 g/mol. The molecule has 1 N–H and O–H groups in total. The molecule has 3 nitrogen and oxygen atoms in total. The second-order valence-electron chi connectivity index (χ2n) is 3.58. The van der Waals surface area contributed by atoms with Gasteiger partial charge < -0.3 is 5.32 Å². The van der Waals surface area contributed by atoms with Crippen LogP contribution in [0.25, 0.3) is 0 Å². The quantitative estimate of drug-likeness (QED) is 0.728. The van der Waals surface area contributed by atoms with Crippen LogP contribution in [0.2, 0.25) is 0 Å². The molecule has 0 aromatic carbocycles. The average Bonchev–Trinajstić information content (AvgIpc) is 2.51. The van der Waals surface area contributed by atoms with Crippen molar-refractivity contribution in [2.45, 2.75) is 19.3 Å². The lowest BCUT2D eigenvalue weighted by molar-refractivity contribution is -0.119. The number of carbonyl (C=O) groups is 1. The summed E-state index contributed by atoms with van der Waals surface area (Å²) in [6, 6.07) is 1.45. The lowest BCUT2D eigenvalue weighted by Crippen LogP contribution is -2.14. The average molecular weight is 194 g/mol. The van der Waals surface area contributed by atoms with Crippen molar-refractivity contribution < 1.29 is 9.18 Å². The molecule has 2 heterocycles. The van der Waals surface area contributed by atoms with Gasteiger partial charge in [0.2, 0.25) is 5.91 Å². The molecule has 14 heavy (non-hydrogen) atoms. The van der Waals surface area contributed by atoms with Gasteiger partial charge in [0.15, 0.2) is 0 Å². The predicted molar refractivity (Wildman–Crippen MR) is 49.3 cm³/mol. The Kier molecular flexibility index (Phi) is 2.19. The first-order chi connectivity index (χ1) is 6.66. The zero-order valence-corrected chi connectivity index (χ0v) is 7.88. The lowest BCUT2D eigenvalue weighted by atomic mass is 10.0. The molecule has 1 atom stereocenters. The van der Waals surface area contributed by atoms with Gasteiger partial charge in [-0.1, -0.05) is 0 Å². The molecule has 1 aliphatic rings. The number of aromatic nitrogens is 1. The van der Waals surface area contributed by atoms with E-state index < -0.39 is 0 Å².